The van der Waals surface area contributed by atoms with E-state index in [4.69, 9.17) is 0 Å². The normalized spacial score (nSPS) is 23.1. The first-order valence-electron chi connectivity index (χ1n) is 6.74. The molecule has 1 rings (SSSR count). The van der Waals surface area contributed by atoms with Gasteiger partial charge in [0, 0.05) is 24.7 Å². The van der Waals surface area contributed by atoms with Crippen LogP contribution in [0.1, 0.15) is 65.2 Å². The summed E-state index contributed by atoms with van der Waals surface area (Å²) in [6, 6.07) is 0. The van der Waals surface area contributed by atoms with Crippen LogP contribution in [0.3, 0.4) is 0 Å². The summed E-state index contributed by atoms with van der Waals surface area (Å²) in [5.74, 6) is 1.07. The SMILES string of the molecule is CCCC(CC1CCCCC1=O)C(=O)CC. The van der Waals surface area contributed by atoms with Gasteiger partial charge < -0.3 is 0 Å². The van der Waals surface area contributed by atoms with Crippen LogP contribution in [0, 0.1) is 11.8 Å². The maximum atomic E-state index is 11.8. The molecule has 92 valence electrons. The zero-order chi connectivity index (χ0) is 12.0. The summed E-state index contributed by atoms with van der Waals surface area (Å²) in [4.78, 5) is 23.5. The molecule has 0 N–H and O–H groups in total. The quantitative estimate of drug-likeness (QED) is 0.691. The number of carbonyl (C=O) groups is 2. The van der Waals surface area contributed by atoms with Crippen LogP contribution in [0.2, 0.25) is 0 Å². The largest absolute Gasteiger partial charge is 0.299 e. The number of carbonyl (C=O) groups excluding carboxylic acids is 2. The average molecular weight is 224 g/mol. The van der Waals surface area contributed by atoms with E-state index in [1.165, 1.54) is 0 Å². The molecule has 1 aliphatic carbocycles. The Bertz CT molecular complexity index is 245. The fourth-order valence-electron chi connectivity index (χ4n) is 2.70. The summed E-state index contributed by atoms with van der Waals surface area (Å²) in [5, 5.41) is 0. The van der Waals surface area contributed by atoms with E-state index in [9.17, 15) is 9.59 Å². The van der Waals surface area contributed by atoms with Gasteiger partial charge in [-0.3, -0.25) is 9.59 Å². The first kappa shape index (κ1) is 13.4. The molecular formula is C14H24O2. The van der Waals surface area contributed by atoms with E-state index in [-0.39, 0.29) is 11.8 Å². The minimum absolute atomic E-state index is 0.141. The fourth-order valence-corrected chi connectivity index (χ4v) is 2.70. The van der Waals surface area contributed by atoms with Gasteiger partial charge in [0.2, 0.25) is 0 Å². The van der Waals surface area contributed by atoms with Crippen molar-refractivity contribution in [3.8, 4) is 0 Å². The van der Waals surface area contributed by atoms with Gasteiger partial charge >= 0.3 is 0 Å². The van der Waals surface area contributed by atoms with E-state index in [1.807, 2.05) is 6.92 Å². The highest BCUT2D eigenvalue weighted by atomic mass is 16.1. The lowest BCUT2D eigenvalue weighted by Gasteiger charge is -2.24. The van der Waals surface area contributed by atoms with Crippen LogP contribution in [0.15, 0.2) is 0 Å². The van der Waals surface area contributed by atoms with Crippen molar-refractivity contribution in [1.29, 1.82) is 0 Å². The molecule has 16 heavy (non-hydrogen) atoms. The van der Waals surface area contributed by atoms with E-state index in [2.05, 4.69) is 6.92 Å². The predicted octanol–water partition coefficient (Wildman–Crippen LogP) is 3.53. The van der Waals surface area contributed by atoms with Crippen LogP contribution in [-0.2, 0) is 9.59 Å². The molecule has 0 amide bonds. The van der Waals surface area contributed by atoms with Crippen molar-refractivity contribution in [2.45, 2.75) is 65.2 Å². The molecule has 0 heterocycles. The summed E-state index contributed by atoms with van der Waals surface area (Å²) < 4.78 is 0. The molecule has 1 aliphatic rings. The van der Waals surface area contributed by atoms with Crippen LogP contribution in [0.4, 0.5) is 0 Å². The van der Waals surface area contributed by atoms with Crippen LogP contribution < -0.4 is 0 Å². The molecule has 2 nitrogen and oxygen atoms in total. The zero-order valence-corrected chi connectivity index (χ0v) is 10.6. The number of rotatable bonds is 6. The second-order valence-corrected chi connectivity index (χ2v) is 4.95. The molecule has 0 spiro atoms. The van der Waals surface area contributed by atoms with Crippen molar-refractivity contribution in [1.82, 2.24) is 0 Å². The zero-order valence-electron chi connectivity index (χ0n) is 10.6. The standard InChI is InChI=1S/C14H24O2/c1-3-7-11(13(15)4-2)10-12-8-5-6-9-14(12)16/h11-12H,3-10H2,1-2H3. The van der Waals surface area contributed by atoms with E-state index in [0.717, 1.165) is 44.9 Å². The molecule has 0 aromatic rings. The summed E-state index contributed by atoms with van der Waals surface area (Å²) in [6.07, 6.45) is 7.39. The Hall–Kier alpha value is -0.660. The van der Waals surface area contributed by atoms with Crippen molar-refractivity contribution in [3.05, 3.63) is 0 Å². The molecule has 2 heteroatoms. The molecule has 0 aromatic carbocycles. The molecule has 1 fully saturated rings. The van der Waals surface area contributed by atoms with E-state index < -0.39 is 0 Å². The van der Waals surface area contributed by atoms with Gasteiger partial charge in [0.1, 0.15) is 11.6 Å². The van der Waals surface area contributed by atoms with Crippen LogP contribution >= 0.6 is 0 Å². The van der Waals surface area contributed by atoms with E-state index in [0.29, 0.717) is 18.0 Å². The maximum Gasteiger partial charge on any atom is 0.135 e. The molecule has 1 saturated carbocycles. The number of ketones is 2. The van der Waals surface area contributed by atoms with Crippen molar-refractivity contribution in [3.63, 3.8) is 0 Å². The molecule has 0 aliphatic heterocycles. The monoisotopic (exact) mass is 224 g/mol. The molecule has 2 atom stereocenters. The molecular weight excluding hydrogens is 200 g/mol. The Morgan fingerprint density at radius 3 is 2.69 bits per heavy atom. The van der Waals surface area contributed by atoms with E-state index in [1.54, 1.807) is 0 Å². The number of Topliss-reactive ketones (excluding diaryl/α,β-unsaturated/α-hetero) is 2. The Kier molecular flexibility index (Phi) is 5.72. The van der Waals surface area contributed by atoms with Gasteiger partial charge in [-0.25, -0.2) is 0 Å². The fraction of sp³-hybridized carbons (Fsp3) is 0.857. The first-order chi connectivity index (χ1) is 7.69. The molecule has 2 unspecified atom stereocenters. The average Bonchev–Trinajstić information content (AvgIpc) is 2.30. The second-order valence-electron chi connectivity index (χ2n) is 4.95. The number of hydrogen-bond donors (Lipinski definition) is 0. The Labute approximate surface area is 98.8 Å². The summed E-state index contributed by atoms with van der Waals surface area (Å²) >= 11 is 0. The van der Waals surface area contributed by atoms with Gasteiger partial charge in [-0.2, -0.15) is 0 Å². The van der Waals surface area contributed by atoms with Gasteiger partial charge in [0.05, 0.1) is 0 Å². The Morgan fingerprint density at radius 2 is 2.12 bits per heavy atom. The topological polar surface area (TPSA) is 34.1 Å². The van der Waals surface area contributed by atoms with Gasteiger partial charge in [-0.1, -0.05) is 26.7 Å². The van der Waals surface area contributed by atoms with Crippen molar-refractivity contribution in [2.24, 2.45) is 11.8 Å². The first-order valence-corrected chi connectivity index (χ1v) is 6.74. The smallest absolute Gasteiger partial charge is 0.135 e. The lowest BCUT2D eigenvalue weighted by Crippen LogP contribution is -2.25. The maximum absolute atomic E-state index is 11.8. The highest BCUT2D eigenvalue weighted by Crippen LogP contribution is 2.29. The van der Waals surface area contributed by atoms with Crippen molar-refractivity contribution in [2.75, 3.05) is 0 Å². The lowest BCUT2D eigenvalue weighted by molar-refractivity contribution is -0.127. The molecule has 0 bridgehead atoms. The molecule has 0 saturated heterocycles. The molecule has 0 radical (unpaired) electrons. The Balaban J connectivity index is 2.52. The van der Waals surface area contributed by atoms with Crippen molar-refractivity contribution >= 4 is 11.6 Å². The van der Waals surface area contributed by atoms with E-state index >= 15 is 0 Å². The highest BCUT2D eigenvalue weighted by Gasteiger charge is 2.27. The van der Waals surface area contributed by atoms with Gasteiger partial charge in [-0.05, 0) is 25.7 Å². The van der Waals surface area contributed by atoms with Gasteiger partial charge in [0.15, 0.2) is 0 Å². The van der Waals surface area contributed by atoms with Gasteiger partial charge in [0.25, 0.3) is 0 Å². The van der Waals surface area contributed by atoms with Crippen molar-refractivity contribution < 1.29 is 9.59 Å². The number of hydrogen-bond acceptors (Lipinski definition) is 2. The third kappa shape index (κ3) is 3.73. The second kappa shape index (κ2) is 6.82. The summed E-state index contributed by atoms with van der Waals surface area (Å²) in [5.41, 5.74) is 0. The minimum atomic E-state index is 0.141. The van der Waals surface area contributed by atoms with Crippen LogP contribution in [0.5, 0.6) is 0 Å². The van der Waals surface area contributed by atoms with Gasteiger partial charge in [-0.15, -0.1) is 0 Å². The lowest BCUT2D eigenvalue weighted by atomic mass is 9.79. The summed E-state index contributed by atoms with van der Waals surface area (Å²) in [7, 11) is 0. The van der Waals surface area contributed by atoms with Crippen LogP contribution in [-0.4, -0.2) is 11.6 Å². The van der Waals surface area contributed by atoms with Crippen LogP contribution in [0.25, 0.3) is 0 Å². The third-order valence-corrected chi connectivity index (χ3v) is 3.69. The Morgan fingerprint density at radius 1 is 1.38 bits per heavy atom. The minimum Gasteiger partial charge on any atom is -0.299 e. The molecule has 0 aromatic heterocycles. The third-order valence-electron chi connectivity index (χ3n) is 3.69. The highest BCUT2D eigenvalue weighted by molar-refractivity contribution is 5.84. The summed E-state index contributed by atoms with van der Waals surface area (Å²) in [6.45, 7) is 4.03. The predicted molar refractivity (Wildman–Crippen MR) is 65.3 cm³/mol.